The lowest BCUT2D eigenvalue weighted by Gasteiger charge is -2.31. The van der Waals surface area contributed by atoms with Crippen LogP contribution in [0.1, 0.15) is 32.4 Å². The standard InChI is InChI=1S/C23H31N3O5/c1-17(2)26(23(28)24-18-7-4-8-19(13-18)29-3)16-22(27)25(14-20-9-5-11-30-20)15-21-10-6-12-31-21/h4-5,7-9,11,13,17,21H,6,10,12,14-16H2,1-3H3,(H,24,28)/t21-/m0/s1. The number of benzene rings is 1. The molecule has 1 aliphatic rings. The molecule has 0 radical (unpaired) electrons. The number of urea groups is 1. The van der Waals surface area contributed by atoms with Crippen molar-refractivity contribution in [3.8, 4) is 5.75 Å². The molecule has 8 nitrogen and oxygen atoms in total. The van der Waals surface area contributed by atoms with E-state index in [1.165, 1.54) is 4.90 Å². The molecule has 0 aliphatic carbocycles. The zero-order chi connectivity index (χ0) is 22.2. The first-order valence-corrected chi connectivity index (χ1v) is 10.6. The minimum atomic E-state index is -0.341. The summed E-state index contributed by atoms with van der Waals surface area (Å²) in [4.78, 5) is 29.4. The third-order valence-electron chi connectivity index (χ3n) is 5.24. The molecule has 1 aromatic carbocycles. The van der Waals surface area contributed by atoms with E-state index >= 15 is 0 Å². The van der Waals surface area contributed by atoms with Gasteiger partial charge >= 0.3 is 6.03 Å². The predicted molar refractivity (Wildman–Crippen MR) is 117 cm³/mol. The van der Waals surface area contributed by atoms with E-state index in [4.69, 9.17) is 13.9 Å². The Morgan fingerprint density at radius 2 is 2.10 bits per heavy atom. The number of anilines is 1. The molecule has 1 saturated heterocycles. The second kappa shape index (κ2) is 10.9. The van der Waals surface area contributed by atoms with Gasteiger partial charge in [-0.2, -0.15) is 0 Å². The number of amides is 3. The smallest absolute Gasteiger partial charge is 0.322 e. The van der Waals surface area contributed by atoms with Crippen molar-refractivity contribution in [3.05, 3.63) is 48.4 Å². The maximum Gasteiger partial charge on any atom is 0.322 e. The quantitative estimate of drug-likeness (QED) is 0.656. The third kappa shape index (κ3) is 6.49. The Bertz CT molecular complexity index is 847. The van der Waals surface area contributed by atoms with Crippen molar-refractivity contribution in [1.82, 2.24) is 9.80 Å². The van der Waals surface area contributed by atoms with Crippen LogP contribution < -0.4 is 10.1 Å². The maximum absolute atomic E-state index is 13.2. The SMILES string of the molecule is COc1cccc(NC(=O)N(CC(=O)N(Cc2ccco2)C[C@@H]2CCCO2)C(C)C)c1. The lowest BCUT2D eigenvalue weighted by molar-refractivity contribution is -0.134. The minimum absolute atomic E-state index is 0.0111. The van der Waals surface area contributed by atoms with E-state index < -0.39 is 0 Å². The zero-order valence-corrected chi connectivity index (χ0v) is 18.4. The summed E-state index contributed by atoms with van der Waals surface area (Å²) in [6, 6.07) is 10.2. The molecule has 168 valence electrons. The molecule has 1 fully saturated rings. The van der Waals surface area contributed by atoms with Crippen LogP contribution in [-0.4, -0.2) is 60.7 Å². The topological polar surface area (TPSA) is 84.3 Å². The largest absolute Gasteiger partial charge is 0.497 e. The first kappa shape index (κ1) is 22.7. The van der Waals surface area contributed by atoms with Gasteiger partial charge in [-0.25, -0.2) is 4.79 Å². The second-order valence-corrected chi connectivity index (χ2v) is 7.87. The van der Waals surface area contributed by atoms with Crippen LogP contribution in [0, 0.1) is 0 Å². The average Bonchev–Trinajstić information content (AvgIpc) is 3.45. The van der Waals surface area contributed by atoms with Crippen molar-refractivity contribution < 1.29 is 23.5 Å². The van der Waals surface area contributed by atoms with Crippen LogP contribution in [0.3, 0.4) is 0 Å². The summed E-state index contributed by atoms with van der Waals surface area (Å²) in [5.74, 6) is 1.19. The Hall–Kier alpha value is -3.00. The number of rotatable bonds is 9. The van der Waals surface area contributed by atoms with Crippen LogP contribution in [0.4, 0.5) is 10.5 Å². The number of furan rings is 1. The first-order valence-electron chi connectivity index (χ1n) is 10.6. The molecule has 1 atom stereocenters. The third-order valence-corrected chi connectivity index (χ3v) is 5.24. The fourth-order valence-corrected chi connectivity index (χ4v) is 3.51. The molecule has 31 heavy (non-hydrogen) atoms. The van der Waals surface area contributed by atoms with E-state index in [1.807, 2.05) is 19.9 Å². The van der Waals surface area contributed by atoms with Gasteiger partial charge in [0.05, 0.1) is 26.0 Å². The second-order valence-electron chi connectivity index (χ2n) is 7.87. The summed E-state index contributed by atoms with van der Waals surface area (Å²) in [6.45, 7) is 5.26. The van der Waals surface area contributed by atoms with Gasteiger partial charge in [-0.05, 0) is 51.0 Å². The van der Waals surface area contributed by atoms with Gasteiger partial charge in [0.2, 0.25) is 5.91 Å². The maximum atomic E-state index is 13.2. The highest BCUT2D eigenvalue weighted by Gasteiger charge is 2.27. The molecule has 2 aromatic rings. The Morgan fingerprint density at radius 3 is 2.74 bits per heavy atom. The molecule has 0 bridgehead atoms. The Labute approximate surface area is 183 Å². The summed E-state index contributed by atoms with van der Waals surface area (Å²) in [5, 5.41) is 2.85. The van der Waals surface area contributed by atoms with E-state index in [2.05, 4.69) is 5.32 Å². The molecule has 0 spiro atoms. The fourth-order valence-electron chi connectivity index (χ4n) is 3.51. The van der Waals surface area contributed by atoms with E-state index in [0.29, 0.717) is 36.9 Å². The van der Waals surface area contributed by atoms with Crippen molar-refractivity contribution >= 4 is 17.6 Å². The van der Waals surface area contributed by atoms with Crippen LogP contribution in [0.2, 0.25) is 0 Å². The zero-order valence-electron chi connectivity index (χ0n) is 18.4. The summed E-state index contributed by atoms with van der Waals surface area (Å²) in [6.07, 6.45) is 3.52. The van der Waals surface area contributed by atoms with E-state index in [-0.39, 0.29) is 30.6 Å². The van der Waals surface area contributed by atoms with Crippen LogP contribution >= 0.6 is 0 Å². The summed E-state index contributed by atoms with van der Waals surface area (Å²) in [5.41, 5.74) is 0.606. The summed E-state index contributed by atoms with van der Waals surface area (Å²) < 4.78 is 16.4. The van der Waals surface area contributed by atoms with Gasteiger partial charge in [-0.15, -0.1) is 0 Å². The Kier molecular flexibility index (Phi) is 7.94. The normalized spacial score (nSPS) is 15.7. The molecular formula is C23H31N3O5. The molecule has 2 heterocycles. The highest BCUT2D eigenvalue weighted by atomic mass is 16.5. The van der Waals surface area contributed by atoms with Crippen LogP contribution in [-0.2, 0) is 16.1 Å². The van der Waals surface area contributed by atoms with Gasteiger partial charge in [0.1, 0.15) is 18.1 Å². The average molecular weight is 430 g/mol. The Morgan fingerprint density at radius 1 is 1.26 bits per heavy atom. The molecule has 0 unspecified atom stereocenters. The first-order chi connectivity index (χ1) is 15.0. The molecule has 8 heteroatoms. The molecule has 3 rings (SSSR count). The van der Waals surface area contributed by atoms with Gasteiger partial charge in [0.15, 0.2) is 0 Å². The van der Waals surface area contributed by atoms with Crippen LogP contribution in [0.25, 0.3) is 0 Å². The molecule has 3 amide bonds. The fraction of sp³-hybridized carbons (Fsp3) is 0.478. The number of carbonyl (C=O) groups is 2. The minimum Gasteiger partial charge on any atom is -0.497 e. The highest BCUT2D eigenvalue weighted by Crippen LogP contribution is 2.19. The van der Waals surface area contributed by atoms with E-state index in [9.17, 15) is 9.59 Å². The summed E-state index contributed by atoms with van der Waals surface area (Å²) in [7, 11) is 1.57. The van der Waals surface area contributed by atoms with Gasteiger partial charge in [-0.1, -0.05) is 6.07 Å². The number of hydrogen-bond acceptors (Lipinski definition) is 5. The van der Waals surface area contributed by atoms with Crippen LogP contribution in [0.5, 0.6) is 5.75 Å². The predicted octanol–water partition coefficient (Wildman–Crippen LogP) is 3.74. The van der Waals surface area contributed by atoms with Crippen molar-refractivity contribution in [3.63, 3.8) is 0 Å². The van der Waals surface area contributed by atoms with Gasteiger partial charge in [0.25, 0.3) is 0 Å². The number of ether oxygens (including phenoxy) is 2. The van der Waals surface area contributed by atoms with Crippen molar-refractivity contribution in [2.45, 2.75) is 45.4 Å². The number of nitrogens with one attached hydrogen (secondary N) is 1. The number of carbonyl (C=O) groups excluding carboxylic acids is 2. The lowest BCUT2D eigenvalue weighted by atomic mass is 10.2. The molecule has 1 aromatic heterocycles. The molecule has 0 saturated carbocycles. The van der Waals surface area contributed by atoms with E-state index in [1.54, 1.807) is 48.6 Å². The monoisotopic (exact) mass is 429 g/mol. The molecule has 1 N–H and O–H groups in total. The molecular weight excluding hydrogens is 398 g/mol. The molecule has 1 aliphatic heterocycles. The van der Waals surface area contributed by atoms with Crippen molar-refractivity contribution in [2.24, 2.45) is 0 Å². The highest BCUT2D eigenvalue weighted by molar-refractivity contribution is 5.92. The van der Waals surface area contributed by atoms with Crippen LogP contribution in [0.15, 0.2) is 47.1 Å². The van der Waals surface area contributed by atoms with Crippen molar-refractivity contribution in [2.75, 3.05) is 32.1 Å². The number of nitrogens with zero attached hydrogens (tertiary/aromatic N) is 2. The number of hydrogen-bond donors (Lipinski definition) is 1. The van der Waals surface area contributed by atoms with E-state index in [0.717, 1.165) is 12.8 Å². The van der Waals surface area contributed by atoms with Gasteiger partial charge in [-0.3, -0.25) is 4.79 Å². The van der Waals surface area contributed by atoms with Crippen molar-refractivity contribution in [1.29, 1.82) is 0 Å². The van der Waals surface area contributed by atoms with Gasteiger partial charge in [0, 0.05) is 30.9 Å². The Balaban J connectivity index is 1.68. The number of methoxy groups -OCH3 is 1. The summed E-state index contributed by atoms with van der Waals surface area (Å²) >= 11 is 0. The lowest BCUT2D eigenvalue weighted by Crippen LogP contribution is -2.48. The van der Waals surface area contributed by atoms with Gasteiger partial charge < -0.3 is 29.0 Å².